The molecule has 6 unspecified atom stereocenters. The fourth-order valence-corrected chi connectivity index (χ4v) is 6.75. The van der Waals surface area contributed by atoms with Crippen molar-refractivity contribution in [2.45, 2.75) is 110 Å². The van der Waals surface area contributed by atoms with Crippen molar-refractivity contribution in [3.05, 3.63) is 35.5 Å². The van der Waals surface area contributed by atoms with Gasteiger partial charge in [0.25, 0.3) is 0 Å². The predicted molar refractivity (Wildman–Crippen MR) is 129 cm³/mol. The van der Waals surface area contributed by atoms with Gasteiger partial charge >= 0.3 is 0 Å². The largest absolute Gasteiger partial charge is 0.393 e. The fourth-order valence-electron chi connectivity index (χ4n) is 6.75. The van der Waals surface area contributed by atoms with Crippen molar-refractivity contribution in [1.29, 1.82) is 0 Å². The lowest BCUT2D eigenvalue weighted by atomic mass is 9.60. The van der Waals surface area contributed by atoms with Crippen molar-refractivity contribution in [2.24, 2.45) is 29.1 Å². The molecule has 0 spiro atoms. The van der Waals surface area contributed by atoms with E-state index in [0.717, 1.165) is 23.5 Å². The SMILES string of the molecule is C=C1C(=CC=C2CCC[C@@]3(C)C2CCC3C(C)CCC(C)C(C)(C)O)CC(O)CC1O. The second kappa shape index (κ2) is 9.53. The van der Waals surface area contributed by atoms with Crippen LogP contribution in [0.1, 0.15) is 92.4 Å². The average molecular weight is 431 g/mol. The number of fused-ring (bicyclic) bond motifs is 1. The van der Waals surface area contributed by atoms with Crippen LogP contribution in [0.5, 0.6) is 0 Å². The Morgan fingerprint density at radius 2 is 1.87 bits per heavy atom. The van der Waals surface area contributed by atoms with Gasteiger partial charge in [-0.25, -0.2) is 0 Å². The van der Waals surface area contributed by atoms with Crippen molar-refractivity contribution in [3.8, 4) is 0 Å². The molecule has 0 bridgehead atoms. The summed E-state index contributed by atoms with van der Waals surface area (Å²) in [6.07, 6.45) is 12.9. The molecule has 3 aliphatic rings. The molecule has 3 aliphatic carbocycles. The first-order valence-corrected chi connectivity index (χ1v) is 12.6. The van der Waals surface area contributed by atoms with Gasteiger partial charge in [-0.2, -0.15) is 0 Å². The molecule has 0 radical (unpaired) electrons. The van der Waals surface area contributed by atoms with Gasteiger partial charge in [-0.15, -0.1) is 0 Å². The van der Waals surface area contributed by atoms with E-state index in [2.05, 4.69) is 39.5 Å². The van der Waals surface area contributed by atoms with Crippen LogP contribution in [0.25, 0.3) is 0 Å². The Kier molecular flexibility index (Phi) is 7.61. The van der Waals surface area contributed by atoms with E-state index in [4.69, 9.17) is 0 Å². The number of rotatable bonds is 6. The van der Waals surface area contributed by atoms with Gasteiger partial charge in [-0.1, -0.05) is 51.5 Å². The predicted octanol–water partition coefficient (Wildman–Crippen LogP) is 5.95. The Morgan fingerprint density at radius 3 is 2.55 bits per heavy atom. The maximum Gasteiger partial charge on any atom is 0.0811 e. The number of allylic oxidation sites excluding steroid dienone is 3. The molecule has 3 fully saturated rings. The summed E-state index contributed by atoms with van der Waals surface area (Å²) in [4.78, 5) is 0. The number of hydrogen-bond acceptors (Lipinski definition) is 3. The van der Waals surface area contributed by atoms with Gasteiger partial charge in [-0.05, 0) is 99.0 Å². The minimum absolute atomic E-state index is 0.322. The summed E-state index contributed by atoms with van der Waals surface area (Å²) in [6.45, 7) is 15.1. The van der Waals surface area contributed by atoms with Crippen LogP contribution in [0.4, 0.5) is 0 Å². The molecule has 3 rings (SSSR count). The van der Waals surface area contributed by atoms with Gasteiger partial charge in [-0.3, -0.25) is 0 Å². The van der Waals surface area contributed by atoms with Crippen molar-refractivity contribution in [3.63, 3.8) is 0 Å². The minimum Gasteiger partial charge on any atom is -0.393 e. The second-order valence-corrected chi connectivity index (χ2v) is 11.8. The Morgan fingerprint density at radius 1 is 1.16 bits per heavy atom. The van der Waals surface area contributed by atoms with Crippen LogP contribution in [0, 0.1) is 29.1 Å². The standard InChI is InChI=1S/C28H46O3/c1-18(9-10-19(2)27(4,5)31)24-13-14-25-21(8-7-15-28(24,25)6)11-12-22-16-23(29)17-26(30)20(22)3/h11-12,18-19,23-26,29-31H,3,7-10,13-17H2,1-2,4-6H3/t18?,19?,23?,24?,25?,26?,28-/m1/s1. The topological polar surface area (TPSA) is 60.7 Å². The lowest BCUT2D eigenvalue weighted by molar-refractivity contribution is 0.0150. The maximum absolute atomic E-state index is 10.3. The van der Waals surface area contributed by atoms with Crippen molar-refractivity contribution < 1.29 is 15.3 Å². The third-order valence-corrected chi connectivity index (χ3v) is 9.25. The highest BCUT2D eigenvalue weighted by Gasteiger charge is 2.50. The minimum atomic E-state index is -0.618. The summed E-state index contributed by atoms with van der Waals surface area (Å²) in [5.74, 6) is 2.39. The Hall–Kier alpha value is -0.900. The summed E-state index contributed by atoms with van der Waals surface area (Å²) in [5, 5.41) is 30.5. The summed E-state index contributed by atoms with van der Waals surface area (Å²) < 4.78 is 0. The van der Waals surface area contributed by atoms with Gasteiger partial charge in [0.15, 0.2) is 0 Å². The first kappa shape index (κ1) is 24.7. The van der Waals surface area contributed by atoms with Crippen LogP contribution in [0.2, 0.25) is 0 Å². The van der Waals surface area contributed by atoms with Crippen molar-refractivity contribution >= 4 is 0 Å². The first-order chi connectivity index (χ1) is 14.4. The molecular weight excluding hydrogens is 384 g/mol. The highest BCUT2D eigenvalue weighted by molar-refractivity contribution is 5.38. The molecule has 0 amide bonds. The molecule has 3 N–H and O–H groups in total. The fraction of sp³-hybridized carbons (Fsp3) is 0.786. The average Bonchev–Trinajstić information content (AvgIpc) is 3.04. The van der Waals surface area contributed by atoms with Crippen LogP contribution in [0.15, 0.2) is 35.5 Å². The molecule has 0 aliphatic heterocycles. The molecule has 0 aromatic carbocycles. The van der Waals surface area contributed by atoms with E-state index < -0.39 is 17.8 Å². The molecule has 176 valence electrons. The highest BCUT2D eigenvalue weighted by Crippen LogP contribution is 2.60. The Balaban J connectivity index is 1.71. The van der Waals surface area contributed by atoms with Gasteiger partial charge in [0.1, 0.15) is 0 Å². The zero-order valence-corrected chi connectivity index (χ0v) is 20.5. The Labute approximate surface area is 190 Å². The van der Waals surface area contributed by atoms with E-state index in [1.807, 2.05) is 13.8 Å². The molecule has 0 aromatic heterocycles. The molecule has 0 heterocycles. The molecule has 7 atom stereocenters. The van der Waals surface area contributed by atoms with Gasteiger partial charge in [0.2, 0.25) is 0 Å². The first-order valence-electron chi connectivity index (χ1n) is 12.6. The van der Waals surface area contributed by atoms with Crippen LogP contribution < -0.4 is 0 Å². The number of aliphatic hydroxyl groups is 3. The van der Waals surface area contributed by atoms with Gasteiger partial charge in [0, 0.05) is 6.42 Å². The zero-order chi connectivity index (χ0) is 23.0. The molecule has 3 saturated carbocycles. The smallest absolute Gasteiger partial charge is 0.0811 e. The zero-order valence-electron chi connectivity index (χ0n) is 20.5. The van der Waals surface area contributed by atoms with E-state index in [-0.39, 0.29) is 0 Å². The van der Waals surface area contributed by atoms with Gasteiger partial charge in [0.05, 0.1) is 17.8 Å². The third-order valence-electron chi connectivity index (χ3n) is 9.25. The number of hydrogen-bond donors (Lipinski definition) is 3. The van der Waals surface area contributed by atoms with Crippen molar-refractivity contribution in [1.82, 2.24) is 0 Å². The van der Waals surface area contributed by atoms with Crippen LogP contribution in [-0.4, -0.2) is 33.1 Å². The summed E-state index contributed by atoms with van der Waals surface area (Å²) >= 11 is 0. The lowest BCUT2D eigenvalue weighted by Gasteiger charge is -2.44. The summed E-state index contributed by atoms with van der Waals surface area (Å²) in [6, 6.07) is 0. The van der Waals surface area contributed by atoms with E-state index in [1.54, 1.807) is 5.57 Å². The Bertz CT molecular complexity index is 712. The van der Waals surface area contributed by atoms with E-state index in [0.29, 0.717) is 36.0 Å². The normalized spacial score (nSPS) is 39.0. The quantitative estimate of drug-likeness (QED) is 0.488. The van der Waals surface area contributed by atoms with E-state index in [1.165, 1.54) is 38.5 Å². The third kappa shape index (κ3) is 5.37. The molecule has 0 aromatic rings. The van der Waals surface area contributed by atoms with E-state index in [9.17, 15) is 15.3 Å². The second-order valence-electron chi connectivity index (χ2n) is 11.8. The molecule has 31 heavy (non-hydrogen) atoms. The lowest BCUT2D eigenvalue weighted by Crippen LogP contribution is -2.36. The number of aliphatic hydroxyl groups excluding tert-OH is 2. The summed E-state index contributed by atoms with van der Waals surface area (Å²) in [5.41, 5.74) is 3.11. The molecular formula is C28H46O3. The van der Waals surface area contributed by atoms with E-state index >= 15 is 0 Å². The maximum atomic E-state index is 10.3. The van der Waals surface area contributed by atoms with Crippen LogP contribution >= 0.6 is 0 Å². The molecule has 0 saturated heterocycles. The van der Waals surface area contributed by atoms with Crippen molar-refractivity contribution in [2.75, 3.05) is 0 Å². The van der Waals surface area contributed by atoms with Crippen LogP contribution in [-0.2, 0) is 0 Å². The van der Waals surface area contributed by atoms with Gasteiger partial charge < -0.3 is 15.3 Å². The van der Waals surface area contributed by atoms with Crippen LogP contribution in [0.3, 0.4) is 0 Å². The molecule has 3 nitrogen and oxygen atoms in total. The molecule has 3 heteroatoms. The highest BCUT2D eigenvalue weighted by atomic mass is 16.3. The monoisotopic (exact) mass is 430 g/mol. The summed E-state index contributed by atoms with van der Waals surface area (Å²) in [7, 11) is 0.